The van der Waals surface area contributed by atoms with Crippen molar-refractivity contribution in [2.24, 2.45) is 5.92 Å². The summed E-state index contributed by atoms with van der Waals surface area (Å²) in [4.78, 5) is 11.7. The first-order chi connectivity index (χ1) is 9.66. The van der Waals surface area contributed by atoms with Crippen LogP contribution in [0.2, 0.25) is 0 Å². The summed E-state index contributed by atoms with van der Waals surface area (Å²) in [5.41, 5.74) is 2.00. The lowest BCUT2D eigenvalue weighted by Crippen LogP contribution is -2.12. The Morgan fingerprint density at radius 2 is 2.00 bits per heavy atom. The molecule has 0 heterocycles. The molecule has 0 bridgehead atoms. The summed E-state index contributed by atoms with van der Waals surface area (Å²) in [6, 6.07) is 5.78. The summed E-state index contributed by atoms with van der Waals surface area (Å²) in [7, 11) is 0. The molecule has 0 aromatic heterocycles. The minimum Gasteiger partial charge on any atom is -0.491 e. The highest BCUT2D eigenvalue weighted by molar-refractivity contribution is 5.98. The van der Waals surface area contributed by atoms with Crippen LogP contribution in [0.5, 0.6) is 5.75 Å². The number of hydrogen-bond donors (Lipinski definition) is 0. The maximum atomic E-state index is 11.7. The van der Waals surface area contributed by atoms with E-state index in [0.29, 0.717) is 25.6 Å². The number of ketones is 1. The number of carbonyl (C=O) groups excluding carboxylic acids is 1. The second kappa shape index (κ2) is 7.44. The van der Waals surface area contributed by atoms with Gasteiger partial charge in [0.05, 0.1) is 6.61 Å². The van der Waals surface area contributed by atoms with Crippen molar-refractivity contribution in [3.05, 3.63) is 29.3 Å². The predicted molar refractivity (Wildman–Crippen MR) is 79.5 cm³/mol. The van der Waals surface area contributed by atoms with E-state index in [0.717, 1.165) is 42.7 Å². The summed E-state index contributed by atoms with van der Waals surface area (Å²) in [5, 5.41) is 0. The summed E-state index contributed by atoms with van der Waals surface area (Å²) in [5.74, 6) is 1.77. The van der Waals surface area contributed by atoms with Crippen molar-refractivity contribution in [2.75, 3.05) is 19.8 Å². The Morgan fingerprint density at radius 3 is 2.80 bits per heavy atom. The molecule has 0 aliphatic heterocycles. The highest BCUT2D eigenvalue weighted by Crippen LogP contribution is 2.25. The van der Waals surface area contributed by atoms with Gasteiger partial charge in [-0.3, -0.25) is 4.79 Å². The largest absolute Gasteiger partial charge is 0.491 e. The number of carbonyl (C=O) groups is 1. The van der Waals surface area contributed by atoms with E-state index in [1.165, 1.54) is 0 Å². The van der Waals surface area contributed by atoms with Crippen molar-refractivity contribution >= 4 is 5.78 Å². The van der Waals surface area contributed by atoms with Crippen molar-refractivity contribution in [1.82, 2.24) is 0 Å². The minimum absolute atomic E-state index is 0.259. The second-order valence-electron chi connectivity index (χ2n) is 5.74. The molecule has 0 N–H and O–H groups in total. The van der Waals surface area contributed by atoms with Crippen LogP contribution in [0.25, 0.3) is 0 Å². The van der Waals surface area contributed by atoms with E-state index in [9.17, 15) is 4.79 Å². The average molecular weight is 276 g/mol. The lowest BCUT2D eigenvalue weighted by Gasteiger charge is -2.16. The standard InChI is InChI=1S/C17H24O3/c1-13(2)8-9-19-10-11-20-15-6-7-16-14(12-15)4-3-5-17(16)18/h6-7,12-13H,3-5,8-11H2,1-2H3. The Morgan fingerprint density at radius 1 is 1.15 bits per heavy atom. The first-order valence-electron chi connectivity index (χ1n) is 7.53. The first kappa shape index (κ1) is 15.0. The highest BCUT2D eigenvalue weighted by atomic mass is 16.5. The first-order valence-corrected chi connectivity index (χ1v) is 7.53. The lowest BCUT2D eigenvalue weighted by atomic mass is 9.91. The van der Waals surface area contributed by atoms with E-state index in [-0.39, 0.29) is 5.78 Å². The van der Waals surface area contributed by atoms with Gasteiger partial charge in [-0.1, -0.05) is 13.8 Å². The van der Waals surface area contributed by atoms with Crippen LogP contribution in [0.15, 0.2) is 18.2 Å². The van der Waals surface area contributed by atoms with E-state index < -0.39 is 0 Å². The Hall–Kier alpha value is -1.35. The fourth-order valence-corrected chi connectivity index (χ4v) is 2.35. The van der Waals surface area contributed by atoms with E-state index in [2.05, 4.69) is 13.8 Å². The van der Waals surface area contributed by atoms with Crippen LogP contribution >= 0.6 is 0 Å². The quantitative estimate of drug-likeness (QED) is 0.713. The van der Waals surface area contributed by atoms with Crippen molar-refractivity contribution in [3.8, 4) is 5.75 Å². The zero-order chi connectivity index (χ0) is 14.4. The van der Waals surface area contributed by atoms with Crippen LogP contribution in [0.1, 0.15) is 49.0 Å². The Balaban J connectivity index is 1.75. The van der Waals surface area contributed by atoms with Gasteiger partial charge in [0.2, 0.25) is 0 Å². The van der Waals surface area contributed by atoms with Crippen LogP contribution in [0.3, 0.4) is 0 Å². The van der Waals surface area contributed by atoms with Gasteiger partial charge in [-0.2, -0.15) is 0 Å². The molecule has 0 spiro atoms. The SMILES string of the molecule is CC(C)CCOCCOc1ccc2c(c1)CCCC2=O. The van der Waals surface area contributed by atoms with Crippen LogP contribution < -0.4 is 4.74 Å². The molecular weight excluding hydrogens is 252 g/mol. The molecule has 1 aromatic rings. The van der Waals surface area contributed by atoms with Gasteiger partial charge in [0.25, 0.3) is 0 Å². The Labute approximate surface area is 121 Å². The van der Waals surface area contributed by atoms with E-state index >= 15 is 0 Å². The zero-order valence-electron chi connectivity index (χ0n) is 12.5. The number of benzene rings is 1. The van der Waals surface area contributed by atoms with Gasteiger partial charge in [-0.05, 0) is 48.9 Å². The normalized spacial score (nSPS) is 14.4. The zero-order valence-corrected chi connectivity index (χ0v) is 12.5. The molecule has 0 amide bonds. The molecule has 20 heavy (non-hydrogen) atoms. The molecule has 1 aliphatic rings. The summed E-state index contributed by atoms with van der Waals surface area (Å²) < 4.78 is 11.2. The third kappa shape index (κ3) is 4.34. The molecule has 2 rings (SSSR count). The predicted octanol–water partition coefficient (Wildman–Crippen LogP) is 3.65. The molecule has 1 aliphatic carbocycles. The Bertz CT molecular complexity index is 452. The lowest BCUT2D eigenvalue weighted by molar-refractivity contribution is 0.0923. The molecule has 0 fully saturated rings. The van der Waals surface area contributed by atoms with Crippen LogP contribution in [0, 0.1) is 5.92 Å². The van der Waals surface area contributed by atoms with Gasteiger partial charge >= 0.3 is 0 Å². The fraction of sp³-hybridized carbons (Fsp3) is 0.588. The molecule has 0 unspecified atom stereocenters. The molecule has 3 nitrogen and oxygen atoms in total. The third-order valence-corrected chi connectivity index (χ3v) is 3.56. The number of ether oxygens (including phenoxy) is 2. The van der Waals surface area contributed by atoms with Crippen molar-refractivity contribution < 1.29 is 14.3 Å². The maximum absolute atomic E-state index is 11.7. The Kier molecular flexibility index (Phi) is 5.60. The number of aryl methyl sites for hydroxylation is 1. The van der Waals surface area contributed by atoms with E-state index in [1.54, 1.807) is 0 Å². The van der Waals surface area contributed by atoms with Gasteiger partial charge in [-0.15, -0.1) is 0 Å². The molecular formula is C17H24O3. The van der Waals surface area contributed by atoms with Gasteiger partial charge < -0.3 is 9.47 Å². The summed E-state index contributed by atoms with van der Waals surface area (Å²) >= 11 is 0. The molecule has 3 heteroatoms. The number of hydrogen-bond acceptors (Lipinski definition) is 3. The monoisotopic (exact) mass is 276 g/mol. The topological polar surface area (TPSA) is 35.5 Å². The highest BCUT2D eigenvalue weighted by Gasteiger charge is 2.17. The average Bonchev–Trinajstić information content (AvgIpc) is 2.42. The van der Waals surface area contributed by atoms with Gasteiger partial charge in [0, 0.05) is 18.6 Å². The maximum Gasteiger partial charge on any atom is 0.163 e. The van der Waals surface area contributed by atoms with Gasteiger partial charge in [-0.25, -0.2) is 0 Å². The van der Waals surface area contributed by atoms with Gasteiger partial charge in [0.1, 0.15) is 12.4 Å². The smallest absolute Gasteiger partial charge is 0.163 e. The summed E-state index contributed by atoms with van der Waals surface area (Å²) in [6.07, 6.45) is 3.69. The van der Waals surface area contributed by atoms with E-state index in [4.69, 9.17) is 9.47 Å². The van der Waals surface area contributed by atoms with Crippen molar-refractivity contribution in [1.29, 1.82) is 0 Å². The molecule has 0 radical (unpaired) electrons. The minimum atomic E-state index is 0.259. The van der Waals surface area contributed by atoms with Crippen LogP contribution in [-0.4, -0.2) is 25.6 Å². The van der Waals surface area contributed by atoms with Crippen molar-refractivity contribution in [2.45, 2.75) is 39.5 Å². The van der Waals surface area contributed by atoms with Gasteiger partial charge in [0.15, 0.2) is 5.78 Å². The summed E-state index contributed by atoms with van der Waals surface area (Å²) in [6.45, 7) is 6.34. The molecule has 110 valence electrons. The molecule has 0 atom stereocenters. The third-order valence-electron chi connectivity index (χ3n) is 3.56. The number of fused-ring (bicyclic) bond motifs is 1. The second-order valence-corrected chi connectivity index (χ2v) is 5.74. The van der Waals surface area contributed by atoms with Crippen molar-refractivity contribution in [3.63, 3.8) is 0 Å². The van der Waals surface area contributed by atoms with Crippen LogP contribution in [-0.2, 0) is 11.2 Å². The van der Waals surface area contributed by atoms with Crippen LogP contribution in [0.4, 0.5) is 0 Å². The molecule has 0 saturated carbocycles. The fourth-order valence-electron chi connectivity index (χ4n) is 2.35. The number of Topliss-reactive ketones (excluding diaryl/α,β-unsaturated/α-hetero) is 1. The number of rotatable bonds is 7. The van der Waals surface area contributed by atoms with E-state index in [1.807, 2.05) is 18.2 Å². The molecule has 0 saturated heterocycles. The molecule has 1 aromatic carbocycles.